The largest absolute Gasteiger partial charge is 2.00 e. The van der Waals surface area contributed by atoms with Crippen molar-refractivity contribution in [3.63, 3.8) is 0 Å². The maximum absolute atomic E-state index is 10.2. The van der Waals surface area contributed by atoms with Gasteiger partial charge in [0, 0.05) is 0 Å². The van der Waals surface area contributed by atoms with E-state index in [2.05, 4.69) is 27.7 Å². The number of carboxylic acids is 2. The second-order valence-corrected chi connectivity index (χ2v) is 15.1. The Bertz CT molecular complexity index is 698. The molecular weight excluding hydrogens is 665 g/mol. The fourth-order valence-corrected chi connectivity index (χ4v) is 6.18. The Hall–Kier alpha value is 0.110. The van der Waals surface area contributed by atoms with Crippen LogP contribution < -0.4 is 0 Å². The van der Waals surface area contributed by atoms with Crippen molar-refractivity contribution in [3.8, 4) is 0 Å². The number of aliphatic carboxylic acids is 2. The summed E-state index contributed by atoms with van der Waals surface area (Å²) in [5, 5.41) is 13.9. The van der Waals surface area contributed by atoms with E-state index in [0.29, 0.717) is 0 Å². The summed E-state index contributed by atoms with van der Waals surface area (Å²) >= 11 is 0. The molecule has 7 nitrogen and oxygen atoms in total. The molecule has 0 heterocycles. The zero-order valence-corrected chi connectivity index (χ0v) is 35.4. The molecule has 0 bridgehead atoms. The molecule has 1 unspecified atom stereocenters. The van der Waals surface area contributed by atoms with Crippen molar-refractivity contribution >= 4 is 59.8 Å². The van der Waals surface area contributed by atoms with E-state index in [1.165, 1.54) is 193 Å². The van der Waals surface area contributed by atoms with Gasteiger partial charge >= 0.3 is 49.7 Å². The van der Waals surface area contributed by atoms with Crippen LogP contribution in [0.3, 0.4) is 0 Å². The van der Waals surface area contributed by atoms with Gasteiger partial charge in [0.05, 0.1) is 6.42 Å². The van der Waals surface area contributed by atoms with Gasteiger partial charge in [0.25, 0.3) is 10.1 Å². The minimum atomic E-state index is -4.84. The summed E-state index contributed by atoms with van der Waals surface area (Å²) in [5.41, 5.74) is 0. The Balaban J connectivity index is -0.000000314. The van der Waals surface area contributed by atoms with Gasteiger partial charge in [-0.2, -0.15) is 21.3 Å². The number of unbranched alkanes of at least 4 members (excludes halogenated alkanes) is 30. The topological polar surface area (TPSA) is 129 Å². The fourth-order valence-electron chi connectivity index (χ4n) is 5.57. The molecular formula is C40H80CaO7S. The number of carbonyl (C=O) groups is 2. The van der Waals surface area contributed by atoms with Gasteiger partial charge in [0.15, 0.2) is 5.25 Å². The maximum Gasteiger partial charge on any atom is 2.00 e. The van der Waals surface area contributed by atoms with Crippen LogP contribution in [0.4, 0.5) is 0 Å². The van der Waals surface area contributed by atoms with E-state index in [4.69, 9.17) is 14.8 Å². The quantitative estimate of drug-likeness (QED) is 0.0259. The first kappa shape index (κ1) is 55.9. The molecule has 0 aromatic heterocycles. The molecule has 0 fully saturated rings. The van der Waals surface area contributed by atoms with E-state index in [1.807, 2.05) is 0 Å². The van der Waals surface area contributed by atoms with Crippen LogP contribution in [0.2, 0.25) is 0 Å². The van der Waals surface area contributed by atoms with Gasteiger partial charge in [-0.3, -0.25) is 14.1 Å². The zero-order valence-electron chi connectivity index (χ0n) is 32.4. The second kappa shape index (κ2) is 46.1. The number of hydrogen-bond donors (Lipinski definition) is 3. The Labute approximate surface area is 335 Å². The molecule has 9 heteroatoms. The smallest absolute Gasteiger partial charge is 0.481 e. The standard InChI is InChI=1S/2C18H37.C4H6O7S.Ca/c2*1-3-5-7-9-11-13-15-17-18-16-14-12-10-8-6-4-2;5-3(6)1-2(4(7)8)12(9,10)11;/h2*1,3-18H2,2H3;2H,1H2,(H,5,6)(H,7,8)(H,9,10,11);/q2*-1;;+2. The second-order valence-electron chi connectivity index (χ2n) is 13.5. The molecule has 1 atom stereocenters. The number of rotatable bonds is 34. The first-order valence-corrected chi connectivity index (χ1v) is 21.6. The minimum Gasteiger partial charge on any atom is -0.481 e. The Morgan fingerprint density at radius 2 is 0.673 bits per heavy atom. The summed E-state index contributed by atoms with van der Waals surface area (Å²) in [7, 11) is -4.84. The molecule has 0 aliphatic heterocycles. The van der Waals surface area contributed by atoms with Crippen molar-refractivity contribution in [1.82, 2.24) is 0 Å². The molecule has 49 heavy (non-hydrogen) atoms. The van der Waals surface area contributed by atoms with Crippen molar-refractivity contribution in [3.05, 3.63) is 13.8 Å². The van der Waals surface area contributed by atoms with Crippen LogP contribution in [0.1, 0.15) is 226 Å². The Morgan fingerprint density at radius 3 is 0.796 bits per heavy atom. The fraction of sp³-hybridized carbons (Fsp3) is 0.900. The van der Waals surface area contributed by atoms with Crippen LogP contribution in [0.5, 0.6) is 0 Å². The molecule has 0 aliphatic rings. The molecule has 0 aromatic rings. The third kappa shape index (κ3) is 52.6. The summed E-state index contributed by atoms with van der Waals surface area (Å²) in [6.07, 6.45) is 44.5. The van der Waals surface area contributed by atoms with Gasteiger partial charge in [0.1, 0.15) is 0 Å². The van der Waals surface area contributed by atoms with Crippen LogP contribution in [0.15, 0.2) is 0 Å². The summed E-state index contributed by atoms with van der Waals surface area (Å²) in [6.45, 7) is 12.4. The van der Waals surface area contributed by atoms with E-state index in [9.17, 15) is 18.0 Å². The minimum absolute atomic E-state index is 0. The molecule has 0 rings (SSSR count). The predicted octanol–water partition coefficient (Wildman–Crippen LogP) is 12.6. The van der Waals surface area contributed by atoms with Crippen molar-refractivity contribution in [1.29, 1.82) is 0 Å². The van der Waals surface area contributed by atoms with E-state index in [-0.39, 0.29) is 37.7 Å². The monoisotopic (exact) mass is 745 g/mol. The normalized spacial score (nSPS) is 11.4. The van der Waals surface area contributed by atoms with Crippen molar-refractivity contribution in [2.75, 3.05) is 0 Å². The van der Waals surface area contributed by atoms with Gasteiger partial charge in [-0.05, 0) is 0 Å². The molecule has 0 aromatic carbocycles. The van der Waals surface area contributed by atoms with Crippen LogP contribution in [-0.4, -0.2) is 78.1 Å². The zero-order chi connectivity index (χ0) is 36.6. The molecule has 290 valence electrons. The maximum atomic E-state index is 10.2. The first-order valence-electron chi connectivity index (χ1n) is 20.1. The average molecular weight is 745 g/mol. The van der Waals surface area contributed by atoms with Gasteiger partial charge in [-0.25, -0.2) is 0 Å². The summed E-state index contributed by atoms with van der Waals surface area (Å²) in [4.78, 5) is 20.0. The SMILES string of the molecule is O=C(O)CC(C(=O)O)S(=O)(=O)O.[CH2-]CCCCCCCCCCCCCCCCC.[CH2-]CCCCCCCCCCCCCCCCC.[Ca+2]. The van der Waals surface area contributed by atoms with Crippen LogP contribution in [-0.2, 0) is 19.7 Å². The van der Waals surface area contributed by atoms with Crippen LogP contribution in [0, 0.1) is 13.8 Å². The number of carboxylic acid groups (broad SMARTS) is 2. The summed E-state index contributed by atoms with van der Waals surface area (Å²) in [6, 6.07) is 0. The van der Waals surface area contributed by atoms with Gasteiger partial charge in [-0.15, -0.1) is 0 Å². The Kier molecular flexibility index (Phi) is 52.6. The van der Waals surface area contributed by atoms with Crippen molar-refractivity contribution < 1.29 is 32.8 Å². The van der Waals surface area contributed by atoms with Crippen molar-refractivity contribution in [2.45, 2.75) is 231 Å². The number of hydrogen-bond acceptors (Lipinski definition) is 4. The van der Waals surface area contributed by atoms with E-state index >= 15 is 0 Å². The Morgan fingerprint density at radius 1 is 0.469 bits per heavy atom. The summed E-state index contributed by atoms with van der Waals surface area (Å²) in [5.74, 6) is -3.50. The third-order valence-corrected chi connectivity index (χ3v) is 9.79. The van der Waals surface area contributed by atoms with Crippen LogP contribution in [0.25, 0.3) is 0 Å². The van der Waals surface area contributed by atoms with Crippen LogP contribution >= 0.6 is 0 Å². The molecule has 0 aliphatic carbocycles. The van der Waals surface area contributed by atoms with Gasteiger partial charge in [0.2, 0.25) is 0 Å². The van der Waals surface area contributed by atoms with E-state index < -0.39 is 33.7 Å². The van der Waals surface area contributed by atoms with Gasteiger partial charge < -0.3 is 24.1 Å². The predicted molar refractivity (Wildman–Crippen MR) is 211 cm³/mol. The average Bonchev–Trinajstić information content (AvgIpc) is 3.04. The third-order valence-electron chi connectivity index (χ3n) is 8.70. The molecule has 0 amide bonds. The van der Waals surface area contributed by atoms with E-state index in [1.54, 1.807) is 0 Å². The molecule has 0 saturated carbocycles. The molecule has 0 radical (unpaired) electrons. The molecule has 0 saturated heterocycles. The van der Waals surface area contributed by atoms with Gasteiger partial charge in [-0.1, -0.05) is 206 Å². The summed E-state index contributed by atoms with van der Waals surface area (Å²) < 4.78 is 28.7. The van der Waals surface area contributed by atoms with E-state index in [0.717, 1.165) is 12.8 Å². The molecule has 3 N–H and O–H groups in total. The van der Waals surface area contributed by atoms with Crippen molar-refractivity contribution in [2.24, 2.45) is 0 Å². The molecule has 0 spiro atoms. The first-order chi connectivity index (χ1) is 23.1.